The van der Waals surface area contributed by atoms with Gasteiger partial charge in [0.25, 0.3) is 0 Å². The zero-order valence-corrected chi connectivity index (χ0v) is 11.3. The van der Waals surface area contributed by atoms with Gasteiger partial charge in [0.1, 0.15) is 5.75 Å². The molecule has 19 heavy (non-hydrogen) atoms. The Balaban J connectivity index is 2.18. The zero-order valence-electron chi connectivity index (χ0n) is 11.3. The minimum absolute atomic E-state index is 0.0780. The summed E-state index contributed by atoms with van der Waals surface area (Å²) in [5.74, 6) is 0.461. The van der Waals surface area contributed by atoms with E-state index in [2.05, 4.69) is 4.90 Å². The minimum atomic E-state index is -0.223. The van der Waals surface area contributed by atoms with Crippen molar-refractivity contribution in [3.05, 3.63) is 18.2 Å². The Morgan fingerprint density at radius 2 is 2.26 bits per heavy atom. The van der Waals surface area contributed by atoms with Gasteiger partial charge in [-0.15, -0.1) is 0 Å². The molecule has 5 nitrogen and oxygen atoms in total. The van der Waals surface area contributed by atoms with E-state index in [9.17, 15) is 4.79 Å². The van der Waals surface area contributed by atoms with Crippen LogP contribution >= 0.6 is 0 Å². The van der Waals surface area contributed by atoms with Crippen molar-refractivity contribution in [1.29, 1.82) is 0 Å². The molecule has 1 aliphatic heterocycles. The molecule has 1 unspecified atom stereocenters. The molecule has 0 saturated carbocycles. The molecule has 1 amide bonds. The molecule has 2 rings (SSSR count). The number of amides is 1. The molecular weight excluding hydrogens is 242 g/mol. The monoisotopic (exact) mass is 263 g/mol. The highest BCUT2D eigenvalue weighted by Gasteiger charge is 2.24. The Morgan fingerprint density at radius 1 is 1.47 bits per heavy atom. The van der Waals surface area contributed by atoms with Gasteiger partial charge in [-0.2, -0.15) is 0 Å². The molecule has 4 N–H and O–H groups in total. The normalized spacial score (nSPS) is 19.2. The zero-order chi connectivity index (χ0) is 13.8. The van der Waals surface area contributed by atoms with Gasteiger partial charge in [0.15, 0.2) is 0 Å². The van der Waals surface area contributed by atoms with E-state index in [1.807, 2.05) is 25.1 Å². The van der Waals surface area contributed by atoms with Crippen LogP contribution in [0.15, 0.2) is 18.2 Å². The summed E-state index contributed by atoms with van der Waals surface area (Å²) >= 11 is 0. The maximum atomic E-state index is 11.3. The van der Waals surface area contributed by atoms with Gasteiger partial charge in [-0.05, 0) is 25.8 Å². The van der Waals surface area contributed by atoms with Gasteiger partial charge in [-0.3, -0.25) is 4.79 Å². The molecule has 1 heterocycles. The van der Waals surface area contributed by atoms with Crippen LogP contribution in [-0.2, 0) is 4.79 Å². The van der Waals surface area contributed by atoms with E-state index in [4.69, 9.17) is 16.2 Å². The Morgan fingerprint density at radius 3 is 2.95 bits per heavy atom. The second-order valence-electron chi connectivity index (χ2n) is 4.88. The lowest BCUT2D eigenvalue weighted by Gasteiger charge is -2.33. The topological polar surface area (TPSA) is 81.6 Å². The Bertz CT molecular complexity index is 462. The van der Waals surface area contributed by atoms with Crippen LogP contribution in [0.2, 0.25) is 0 Å². The molecule has 1 aromatic rings. The van der Waals surface area contributed by atoms with Crippen LogP contribution < -0.4 is 21.1 Å². The molecule has 104 valence electrons. The average molecular weight is 263 g/mol. The van der Waals surface area contributed by atoms with Crippen molar-refractivity contribution in [3.63, 3.8) is 0 Å². The van der Waals surface area contributed by atoms with Crippen LogP contribution in [0.5, 0.6) is 5.75 Å². The molecule has 1 saturated heterocycles. The van der Waals surface area contributed by atoms with E-state index in [1.165, 1.54) is 0 Å². The minimum Gasteiger partial charge on any atom is -0.494 e. The van der Waals surface area contributed by atoms with Gasteiger partial charge in [0, 0.05) is 36.6 Å². The molecule has 1 aromatic carbocycles. The Labute approximate surface area is 113 Å². The van der Waals surface area contributed by atoms with Gasteiger partial charge >= 0.3 is 0 Å². The number of nitrogens with two attached hydrogens (primary N) is 2. The van der Waals surface area contributed by atoms with Crippen molar-refractivity contribution in [2.75, 3.05) is 30.3 Å². The van der Waals surface area contributed by atoms with E-state index in [-0.39, 0.29) is 11.8 Å². The number of hydrogen-bond donors (Lipinski definition) is 2. The predicted octanol–water partition coefficient (Wildman–Crippen LogP) is 1.37. The summed E-state index contributed by atoms with van der Waals surface area (Å²) in [5, 5.41) is 0. The van der Waals surface area contributed by atoms with Crippen molar-refractivity contribution < 1.29 is 9.53 Å². The van der Waals surface area contributed by atoms with E-state index in [0.29, 0.717) is 18.8 Å². The second kappa shape index (κ2) is 5.82. The van der Waals surface area contributed by atoms with Gasteiger partial charge in [0.2, 0.25) is 5.91 Å². The van der Waals surface area contributed by atoms with Gasteiger partial charge in [-0.25, -0.2) is 0 Å². The number of rotatable bonds is 4. The van der Waals surface area contributed by atoms with Crippen LogP contribution in [0.4, 0.5) is 11.4 Å². The molecule has 0 spiro atoms. The fraction of sp³-hybridized carbons (Fsp3) is 0.500. The van der Waals surface area contributed by atoms with Crippen LogP contribution in [-0.4, -0.2) is 25.6 Å². The first-order chi connectivity index (χ1) is 9.10. The summed E-state index contributed by atoms with van der Waals surface area (Å²) in [4.78, 5) is 13.5. The summed E-state index contributed by atoms with van der Waals surface area (Å²) in [7, 11) is 0. The van der Waals surface area contributed by atoms with E-state index in [0.717, 1.165) is 30.8 Å². The molecule has 1 atom stereocenters. The van der Waals surface area contributed by atoms with Crippen molar-refractivity contribution in [3.8, 4) is 5.75 Å². The lowest BCUT2D eigenvalue weighted by atomic mass is 9.97. The predicted molar refractivity (Wildman–Crippen MR) is 76.2 cm³/mol. The largest absolute Gasteiger partial charge is 0.494 e. The van der Waals surface area contributed by atoms with E-state index >= 15 is 0 Å². The number of piperidine rings is 1. The Hall–Kier alpha value is -1.91. The maximum Gasteiger partial charge on any atom is 0.222 e. The fourth-order valence-electron chi connectivity index (χ4n) is 2.48. The summed E-state index contributed by atoms with van der Waals surface area (Å²) in [5.41, 5.74) is 13.0. The third-order valence-electron chi connectivity index (χ3n) is 3.41. The maximum absolute atomic E-state index is 11.3. The summed E-state index contributed by atoms with van der Waals surface area (Å²) in [6, 6.07) is 5.68. The third kappa shape index (κ3) is 3.30. The second-order valence-corrected chi connectivity index (χ2v) is 4.88. The summed E-state index contributed by atoms with van der Waals surface area (Å²) in [6.45, 7) is 4.11. The highest BCUT2D eigenvalue weighted by atomic mass is 16.5. The number of anilines is 2. The van der Waals surface area contributed by atoms with E-state index < -0.39 is 0 Å². The number of primary amides is 1. The quantitative estimate of drug-likeness (QED) is 0.804. The molecule has 1 aliphatic rings. The third-order valence-corrected chi connectivity index (χ3v) is 3.41. The molecule has 0 radical (unpaired) electrons. The number of carbonyl (C=O) groups is 1. The summed E-state index contributed by atoms with van der Waals surface area (Å²) < 4.78 is 5.49. The fourth-order valence-corrected chi connectivity index (χ4v) is 2.48. The van der Waals surface area contributed by atoms with Crippen LogP contribution in [0.3, 0.4) is 0 Å². The first-order valence-corrected chi connectivity index (χ1v) is 6.67. The van der Waals surface area contributed by atoms with Crippen molar-refractivity contribution in [2.45, 2.75) is 19.8 Å². The van der Waals surface area contributed by atoms with Crippen LogP contribution in [0, 0.1) is 5.92 Å². The first-order valence-electron chi connectivity index (χ1n) is 6.67. The molecule has 0 aromatic heterocycles. The van der Waals surface area contributed by atoms with Crippen molar-refractivity contribution >= 4 is 17.3 Å². The SMILES string of the molecule is CCOc1cc(N)cc(N2CCCC(C(N)=O)C2)c1. The number of benzene rings is 1. The van der Waals surface area contributed by atoms with Gasteiger partial charge < -0.3 is 21.1 Å². The van der Waals surface area contributed by atoms with Crippen LogP contribution in [0.25, 0.3) is 0 Å². The average Bonchev–Trinajstić information content (AvgIpc) is 2.38. The van der Waals surface area contributed by atoms with Gasteiger partial charge in [-0.1, -0.05) is 0 Å². The number of carbonyl (C=O) groups excluding carboxylic acids is 1. The molecule has 5 heteroatoms. The lowest BCUT2D eigenvalue weighted by Crippen LogP contribution is -2.41. The number of nitrogens with zero attached hydrogens (tertiary/aromatic N) is 1. The number of hydrogen-bond acceptors (Lipinski definition) is 4. The highest BCUT2D eigenvalue weighted by Crippen LogP contribution is 2.29. The smallest absolute Gasteiger partial charge is 0.222 e. The highest BCUT2D eigenvalue weighted by molar-refractivity contribution is 5.77. The standard InChI is InChI=1S/C14H21N3O2/c1-2-19-13-7-11(15)6-12(8-13)17-5-3-4-10(9-17)14(16)18/h6-8,10H,2-5,9,15H2,1H3,(H2,16,18). The molecule has 0 bridgehead atoms. The molecule has 0 aliphatic carbocycles. The van der Waals surface area contributed by atoms with Crippen molar-refractivity contribution in [1.82, 2.24) is 0 Å². The van der Waals surface area contributed by atoms with E-state index in [1.54, 1.807) is 0 Å². The Kier molecular flexibility index (Phi) is 4.14. The molecular formula is C14H21N3O2. The first kappa shape index (κ1) is 13.5. The lowest BCUT2D eigenvalue weighted by molar-refractivity contribution is -0.122. The van der Waals surface area contributed by atoms with Gasteiger partial charge in [0.05, 0.1) is 12.5 Å². The van der Waals surface area contributed by atoms with Crippen LogP contribution in [0.1, 0.15) is 19.8 Å². The number of nitrogen functional groups attached to an aromatic ring is 1. The summed E-state index contributed by atoms with van der Waals surface area (Å²) in [6.07, 6.45) is 1.83. The number of ether oxygens (including phenoxy) is 1. The molecule has 1 fully saturated rings. The van der Waals surface area contributed by atoms with Crippen molar-refractivity contribution in [2.24, 2.45) is 11.7 Å².